The molecule has 2 aliphatic heterocycles. The van der Waals surface area contributed by atoms with E-state index in [1.807, 2.05) is 12.3 Å². The van der Waals surface area contributed by atoms with Crippen molar-refractivity contribution in [2.75, 3.05) is 31.6 Å². The maximum Gasteiger partial charge on any atom is 0.102 e. The zero-order chi connectivity index (χ0) is 16.5. The Morgan fingerprint density at radius 2 is 2.38 bits per heavy atom. The smallest absolute Gasteiger partial charge is 0.102 e. The molecule has 4 rings (SSSR count). The molecular formula is C18H22N4OS. The van der Waals surface area contributed by atoms with Gasteiger partial charge in [0.05, 0.1) is 11.0 Å². The van der Waals surface area contributed by atoms with Crippen molar-refractivity contribution in [3.05, 3.63) is 45.4 Å². The summed E-state index contributed by atoms with van der Waals surface area (Å²) in [5.74, 6) is 0. The molecule has 24 heavy (non-hydrogen) atoms. The Morgan fingerprint density at radius 1 is 1.46 bits per heavy atom. The number of aryl methyl sites for hydroxylation is 1. The number of aliphatic hydroxyl groups is 1. The van der Waals surface area contributed by atoms with Gasteiger partial charge in [-0.2, -0.15) is 0 Å². The molecule has 6 heteroatoms. The SMILES string of the molecule is Cc1cc2c(s1)NC=c1cccnc1=C2N1CCNC(CCO)C1. The average molecular weight is 342 g/mol. The number of aliphatic hydroxyl groups excluding tert-OH is 1. The van der Waals surface area contributed by atoms with E-state index in [0.29, 0.717) is 6.04 Å². The number of rotatable bonds is 3. The number of piperazine rings is 1. The highest BCUT2D eigenvalue weighted by atomic mass is 32.1. The first kappa shape index (κ1) is 15.6. The first-order valence-electron chi connectivity index (χ1n) is 8.38. The number of pyridine rings is 1. The molecule has 3 N–H and O–H groups in total. The van der Waals surface area contributed by atoms with E-state index in [9.17, 15) is 5.11 Å². The van der Waals surface area contributed by atoms with Gasteiger partial charge in [0.25, 0.3) is 0 Å². The molecule has 126 valence electrons. The second-order valence-corrected chi connectivity index (χ2v) is 7.54. The minimum absolute atomic E-state index is 0.216. The van der Waals surface area contributed by atoms with Crippen molar-refractivity contribution in [3.63, 3.8) is 0 Å². The van der Waals surface area contributed by atoms with Crippen molar-refractivity contribution in [1.82, 2.24) is 15.2 Å². The first-order valence-corrected chi connectivity index (χ1v) is 9.20. The van der Waals surface area contributed by atoms with E-state index in [-0.39, 0.29) is 6.61 Å². The lowest BCUT2D eigenvalue weighted by Crippen LogP contribution is -2.52. The van der Waals surface area contributed by atoms with E-state index in [0.717, 1.165) is 36.6 Å². The van der Waals surface area contributed by atoms with Gasteiger partial charge in [0, 0.05) is 60.3 Å². The van der Waals surface area contributed by atoms with Crippen molar-refractivity contribution in [1.29, 1.82) is 0 Å². The molecule has 0 saturated carbocycles. The molecule has 1 saturated heterocycles. The van der Waals surface area contributed by atoms with Gasteiger partial charge in [0.2, 0.25) is 0 Å². The summed E-state index contributed by atoms with van der Waals surface area (Å²) in [6.07, 6.45) is 4.69. The van der Waals surface area contributed by atoms with Crippen LogP contribution in [0, 0.1) is 6.92 Å². The van der Waals surface area contributed by atoms with Crippen molar-refractivity contribution in [2.24, 2.45) is 0 Å². The highest BCUT2D eigenvalue weighted by Gasteiger charge is 2.25. The molecule has 2 aliphatic rings. The van der Waals surface area contributed by atoms with Gasteiger partial charge in [-0.25, -0.2) is 0 Å². The molecular weight excluding hydrogens is 320 g/mol. The summed E-state index contributed by atoms with van der Waals surface area (Å²) < 4.78 is 0. The number of hydrogen-bond acceptors (Lipinski definition) is 6. The number of anilines is 1. The lowest BCUT2D eigenvalue weighted by atomic mass is 10.1. The maximum atomic E-state index is 9.29. The van der Waals surface area contributed by atoms with Crippen LogP contribution in [0.15, 0.2) is 24.4 Å². The Bertz CT molecular complexity index is 858. The first-order chi connectivity index (χ1) is 11.8. The molecule has 0 amide bonds. The molecule has 1 atom stereocenters. The molecule has 1 fully saturated rings. The lowest BCUT2D eigenvalue weighted by Gasteiger charge is -2.36. The summed E-state index contributed by atoms with van der Waals surface area (Å²) in [6.45, 7) is 5.12. The summed E-state index contributed by atoms with van der Waals surface area (Å²) in [5.41, 5.74) is 2.44. The van der Waals surface area contributed by atoms with Crippen molar-refractivity contribution >= 4 is 28.2 Å². The van der Waals surface area contributed by atoms with Crippen molar-refractivity contribution in [3.8, 4) is 0 Å². The highest BCUT2D eigenvalue weighted by molar-refractivity contribution is 7.16. The normalized spacial score (nSPS) is 19.8. The molecule has 1 unspecified atom stereocenters. The third-order valence-corrected chi connectivity index (χ3v) is 5.56. The summed E-state index contributed by atoms with van der Waals surface area (Å²) in [7, 11) is 0. The second-order valence-electron chi connectivity index (χ2n) is 6.29. The second kappa shape index (κ2) is 6.55. The number of hydrogen-bond donors (Lipinski definition) is 3. The van der Waals surface area contributed by atoms with Gasteiger partial charge in [-0.15, -0.1) is 11.3 Å². The van der Waals surface area contributed by atoms with Crippen LogP contribution >= 0.6 is 11.3 Å². The Kier molecular flexibility index (Phi) is 4.26. The largest absolute Gasteiger partial charge is 0.396 e. The molecule has 0 spiro atoms. The summed E-state index contributed by atoms with van der Waals surface area (Å²) in [6, 6.07) is 6.65. The zero-order valence-corrected chi connectivity index (χ0v) is 14.6. The minimum atomic E-state index is 0.216. The van der Waals surface area contributed by atoms with E-state index in [4.69, 9.17) is 4.98 Å². The average Bonchev–Trinajstić information content (AvgIpc) is 2.88. The standard InChI is InChI=1S/C18H22N4OS/c1-12-9-15-17(22-7-6-19-14(11-22)4-8-23)16-13(3-2-5-20-16)10-21-18(15)24-12/h2-3,5,9-10,14,19,21,23H,4,6-8,11H2,1H3. The predicted molar refractivity (Wildman–Crippen MR) is 98.2 cm³/mol. The van der Waals surface area contributed by atoms with Crippen LogP contribution in [0.4, 0.5) is 5.00 Å². The maximum absolute atomic E-state index is 9.29. The van der Waals surface area contributed by atoms with E-state index in [2.05, 4.69) is 40.8 Å². The fourth-order valence-electron chi connectivity index (χ4n) is 3.50. The van der Waals surface area contributed by atoms with Crippen LogP contribution in [0.2, 0.25) is 0 Å². The van der Waals surface area contributed by atoms with Gasteiger partial charge in [-0.05, 0) is 31.5 Å². The van der Waals surface area contributed by atoms with Crippen molar-refractivity contribution < 1.29 is 5.11 Å². The Hall–Kier alpha value is -1.89. The molecule has 2 aromatic heterocycles. The van der Waals surface area contributed by atoms with Gasteiger partial charge >= 0.3 is 0 Å². The number of aromatic nitrogens is 1. The summed E-state index contributed by atoms with van der Waals surface area (Å²) >= 11 is 1.78. The van der Waals surface area contributed by atoms with Crippen LogP contribution in [0.3, 0.4) is 0 Å². The monoisotopic (exact) mass is 342 g/mol. The topological polar surface area (TPSA) is 60.4 Å². The van der Waals surface area contributed by atoms with Crippen LogP contribution in [-0.2, 0) is 0 Å². The Balaban J connectivity index is 1.87. The van der Waals surface area contributed by atoms with Gasteiger partial charge in [-0.1, -0.05) is 0 Å². The third-order valence-electron chi connectivity index (χ3n) is 4.58. The number of nitrogens with one attached hydrogen (secondary N) is 2. The fraction of sp³-hybridized carbons (Fsp3) is 0.389. The van der Waals surface area contributed by atoms with Crippen LogP contribution < -0.4 is 21.2 Å². The number of thiophene rings is 1. The molecule has 4 heterocycles. The molecule has 2 aromatic rings. The Labute approximate surface area is 145 Å². The Morgan fingerprint density at radius 3 is 3.25 bits per heavy atom. The minimum Gasteiger partial charge on any atom is -0.396 e. The van der Waals surface area contributed by atoms with Gasteiger partial charge in [0.1, 0.15) is 5.00 Å². The van der Waals surface area contributed by atoms with Crippen LogP contribution in [0.5, 0.6) is 0 Å². The van der Waals surface area contributed by atoms with Crippen molar-refractivity contribution in [2.45, 2.75) is 19.4 Å². The molecule has 0 bridgehead atoms. The van der Waals surface area contributed by atoms with Gasteiger partial charge < -0.3 is 20.6 Å². The molecule has 0 aromatic carbocycles. The van der Waals surface area contributed by atoms with Crippen LogP contribution in [0.1, 0.15) is 16.9 Å². The van der Waals surface area contributed by atoms with Gasteiger partial charge in [0.15, 0.2) is 0 Å². The molecule has 5 nitrogen and oxygen atoms in total. The highest BCUT2D eigenvalue weighted by Crippen LogP contribution is 2.34. The lowest BCUT2D eigenvalue weighted by molar-refractivity contribution is 0.217. The van der Waals surface area contributed by atoms with Crippen LogP contribution in [0.25, 0.3) is 11.9 Å². The van der Waals surface area contributed by atoms with E-state index in [1.54, 1.807) is 11.3 Å². The van der Waals surface area contributed by atoms with E-state index in [1.165, 1.54) is 21.1 Å². The molecule has 0 aliphatic carbocycles. The zero-order valence-electron chi connectivity index (χ0n) is 13.7. The van der Waals surface area contributed by atoms with Gasteiger partial charge in [-0.3, -0.25) is 4.98 Å². The quantitative estimate of drug-likeness (QED) is 0.755. The molecule has 0 radical (unpaired) electrons. The number of fused-ring (bicyclic) bond motifs is 2. The van der Waals surface area contributed by atoms with E-state index >= 15 is 0 Å². The summed E-state index contributed by atoms with van der Waals surface area (Å²) in [5, 5.41) is 19.6. The summed E-state index contributed by atoms with van der Waals surface area (Å²) in [4.78, 5) is 8.42. The third kappa shape index (κ3) is 2.81. The number of nitrogens with zero attached hydrogens (tertiary/aromatic N) is 2. The van der Waals surface area contributed by atoms with Crippen LogP contribution in [-0.4, -0.2) is 47.3 Å². The predicted octanol–water partition coefficient (Wildman–Crippen LogP) is 0.428. The fourth-order valence-corrected chi connectivity index (χ4v) is 4.38. The van der Waals surface area contributed by atoms with E-state index < -0.39 is 0 Å².